The second-order valence-corrected chi connectivity index (χ2v) is 3.42. The maximum atomic E-state index is 11.8. The largest absolute Gasteiger partial charge is 0.351 e. The van der Waals surface area contributed by atoms with Crippen molar-refractivity contribution in [2.24, 2.45) is 5.84 Å². The molecule has 0 aliphatic rings. The maximum absolute atomic E-state index is 11.8. The molecule has 4 N–H and O–H groups in total. The Kier molecular flexibility index (Phi) is 3.82. The fourth-order valence-corrected chi connectivity index (χ4v) is 1.39. The molecule has 0 saturated carbocycles. The number of nitrogens with zero attached hydrogens (tertiary/aromatic N) is 3. The summed E-state index contributed by atoms with van der Waals surface area (Å²) in [5, 5.41) is 6.35. The number of nitrogens with two attached hydrogens (primary N) is 1. The fourth-order valence-electron chi connectivity index (χ4n) is 1.39. The smallest absolute Gasteiger partial charge is 0.255 e. The van der Waals surface area contributed by atoms with Gasteiger partial charge >= 0.3 is 0 Å². The van der Waals surface area contributed by atoms with Gasteiger partial charge in [-0.05, 0) is 6.07 Å². The summed E-state index contributed by atoms with van der Waals surface area (Å²) >= 11 is 0. The van der Waals surface area contributed by atoms with Crippen molar-refractivity contribution in [3.63, 3.8) is 0 Å². The number of hydrazine groups is 1. The first-order valence-electron chi connectivity index (χ1n) is 5.25. The molecule has 94 valence electrons. The third-order valence-electron chi connectivity index (χ3n) is 2.26. The van der Waals surface area contributed by atoms with E-state index in [-0.39, 0.29) is 5.91 Å². The van der Waals surface area contributed by atoms with Gasteiger partial charge in [-0.1, -0.05) is 5.16 Å². The van der Waals surface area contributed by atoms with Gasteiger partial charge in [0.2, 0.25) is 6.39 Å². The van der Waals surface area contributed by atoms with Crippen molar-refractivity contribution < 1.29 is 9.32 Å². The minimum absolute atomic E-state index is 0.264. The molecular formula is C10H12N6O2. The molecule has 0 radical (unpaired) electrons. The molecule has 1 amide bonds. The van der Waals surface area contributed by atoms with Crippen LogP contribution in [0, 0.1) is 0 Å². The molecule has 2 heterocycles. The van der Waals surface area contributed by atoms with E-state index in [2.05, 4.69) is 30.4 Å². The highest BCUT2D eigenvalue weighted by atomic mass is 16.5. The summed E-state index contributed by atoms with van der Waals surface area (Å²) in [4.78, 5) is 19.6. The number of anilines is 1. The summed E-state index contributed by atoms with van der Waals surface area (Å²) in [6.07, 6.45) is 4.73. The lowest BCUT2D eigenvalue weighted by atomic mass is 10.2. The van der Waals surface area contributed by atoms with E-state index in [1.54, 1.807) is 12.3 Å². The molecule has 8 heteroatoms. The number of pyridine rings is 1. The van der Waals surface area contributed by atoms with Crippen LogP contribution < -0.4 is 16.6 Å². The molecule has 0 unspecified atom stereocenters. The van der Waals surface area contributed by atoms with E-state index in [1.165, 1.54) is 12.6 Å². The minimum Gasteiger partial charge on any atom is -0.351 e. The van der Waals surface area contributed by atoms with Crippen molar-refractivity contribution >= 4 is 11.6 Å². The first-order chi connectivity index (χ1) is 8.81. The van der Waals surface area contributed by atoms with Crippen molar-refractivity contribution in [1.29, 1.82) is 0 Å². The van der Waals surface area contributed by atoms with Crippen LogP contribution in [0.25, 0.3) is 0 Å². The molecule has 0 spiro atoms. The predicted octanol–water partition coefficient (Wildman–Crippen LogP) is -0.277. The molecule has 0 fully saturated rings. The molecule has 8 nitrogen and oxygen atoms in total. The van der Waals surface area contributed by atoms with Crippen LogP contribution in [0.15, 0.2) is 29.4 Å². The molecule has 0 bridgehead atoms. The molecule has 0 aliphatic carbocycles. The van der Waals surface area contributed by atoms with Crippen molar-refractivity contribution in [2.45, 2.75) is 6.42 Å². The Morgan fingerprint density at radius 3 is 3.11 bits per heavy atom. The zero-order valence-corrected chi connectivity index (χ0v) is 9.46. The van der Waals surface area contributed by atoms with Gasteiger partial charge in [0.25, 0.3) is 5.91 Å². The molecular weight excluding hydrogens is 236 g/mol. The van der Waals surface area contributed by atoms with Gasteiger partial charge < -0.3 is 15.3 Å². The van der Waals surface area contributed by atoms with Crippen LogP contribution in [0.2, 0.25) is 0 Å². The van der Waals surface area contributed by atoms with Crippen molar-refractivity contribution in [3.8, 4) is 0 Å². The van der Waals surface area contributed by atoms with Gasteiger partial charge in [-0.25, -0.2) is 0 Å². The van der Waals surface area contributed by atoms with E-state index in [0.29, 0.717) is 30.0 Å². The topological polar surface area (TPSA) is 119 Å². The van der Waals surface area contributed by atoms with Gasteiger partial charge in [-0.2, -0.15) is 4.98 Å². The lowest BCUT2D eigenvalue weighted by Crippen LogP contribution is -2.27. The number of nitrogens with one attached hydrogen (secondary N) is 2. The second kappa shape index (κ2) is 5.73. The first-order valence-corrected chi connectivity index (χ1v) is 5.25. The van der Waals surface area contributed by atoms with Crippen LogP contribution in [0.3, 0.4) is 0 Å². The quantitative estimate of drug-likeness (QED) is 0.492. The van der Waals surface area contributed by atoms with E-state index in [1.807, 2.05) is 0 Å². The van der Waals surface area contributed by atoms with Crippen LogP contribution in [0.5, 0.6) is 0 Å². The minimum atomic E-state index is -0.264. The third kappa shape index (κ3) is 2.80. The van der Waals surface area contributed by atoms with Gasteiger partial charge in [0.1, 0.15) is 0 Å². The van der Waals surface area contributed by atoms with Crippen LogP contribution in [-0.4, -0.2) is 27.6 Å². The van der Waals surface area contributed by atoms with Crippen molar-refractivity contribution in [1.82, 2.24) is 20.4 Å². The standard InChI is InChI=1S/C10H12N6O2/c11-15-8-1-3-12-5-7(8)10(17)13-4-2-9-14-6-18-16-9/h1,3,5-6H,2,4,11H2,(H,12,15)(H,13,17). The molecule has 0 atom stereocenters. The molecule has 0 aromatic carbocycles. The highest BCUT2D eigenvalue weighted by Crippen LogP contribution is 2.11. The summed E-state index contributed by atoms with van der Waals surface area (Å²) in [6, 6.07) is 1.62. The van der Waals surface area contributed by atoms with E-state index in [4.69, 9.17) is 5.84 Å². The summed E-state index contributed by atoms with van der Waals surface area (Å²) in [6.45, 7) is 0.400. The highest BCUT2D eigenvalue weighted by Gasteiger charge is 2.10. The van der Waals surface area contributed by atoms with Gasteiger partial charge in [0.15, 0.2) is 5.82 Å². The number of carbonyl (C=O) groups is 1. The Hall–Kier alpha value is -2.48. The summed E-state index contributed by atoms with van der Waals surface area (Å²) in [5.41, 5.74) is 3.34. The van der Waals surface area contributed by atoms with Crippen LogP contribution in [-0.2, 0) is 6.42 Å². The van der Waals surface area contributed by atoms with Crippen molar-refractivity contribution in [2.75, 3.05) is 12.0 Å². The number of carbonyl (C=O) groups excluding carboxylic acids is 1. The second-order valence-electron chi connectivity index (χ2n) is 3.42. The zero-order valence-electron chi connectivity index (χ0n) is 9.46. The van der Waals surface area contributed by atoms with Crippen LogP contribution in [0.1, 0.15) is 16.2 Å². The summed E-state index contributed by atoms with van der Waals surface area (Å²) < 4.78 is 4.58. The Balaban J connectivity index is 1.91. The number of nitrogen functional groups attached to an aromatic ring is 1. The van der Waals surface area contributed by atoms with E-state index >= 15 is 0 Å². The van der Waals surface area contributed by atoms with Crippen molar-refractivity contribution in [3.05, 3.63) is 36.2 Å². The molecule has 0 aliphatic heterocycles. The Bertz CT molecular complexity index is 513. The monoisotopic (exact) mass is 248 g/mol. The number of hydrogen-bond acceptors (Lipinski definition) is 7. The van der Waals surface area contributed by atoms with Crippen LogP contribution >= 0.6 is 0 Å². The SMILES string of the molecule is NNc1ccncc1C(=O)NCCc1ncon1. The zero-order chi connectivity index (χ0) is 12.8. The molecule has 18 heavy (non-hydrogen) atoms. The molecule has 2 rings (SSSR count). The Labute approximate surface area is 103 Å². The van der Waals surface area contributed by atoms with Gasteiger partial charge in [-0.15, -0.1) is 0 Å². The summed E-state index contributed by atoms with van der Waals surface area (Å²) in [7, 11) is 0. The number of aromatic nitrogens is 3. The van der Waals surface area contributed by atoms with E-state index < -0.39 is 0 Å². The molecule has 2 aromatic rings. The van der Waals surface area contributed by atoms with Gasteiger partial charge in [0.05, 0.1) is 11.3 Å². The lowest BCUT2D eigenvalue weighted by Gasteiger charge is -2.07. The Morgan fingerprint density at radius 2 is 2.39 bits per heavy atom. The van der Waals surface area contributed by atoms with Gasteiger partial charge in [0, 0.05) is 25.4 Å². The third-order valence-corrected chi connectivity index (χ3v) is 2.26. The first kappa shape index (κ1) is 12.0. The lowest BCUT2D eigenvalue weighted by molar-refractivity contribution is 0.0954. The highest BCUT2D eigenvalue weighted by molar-refractivity contribution is 5.99. The van der Waals surface area contributed by atoms with E-state index in [0.717, 1.165) is 0 Å². The number of hydrogen-bond donors (Lipinski definition) is 3. The van der Waals surface area contributed by atoms with E-state index in [9.17, 15) is 4.79 Å². The average molecular weight is 248 g/mol. The van der Waals surface area contributed by atoms with Crippen LogP contribution in [0.4, 0.5) is 5.69 Å². The number of rotatable bonds is 5. The summed E-state index contributed by atoms with van der Waals surface area (Å²) in [5.74, 6) is 5.58. The predicted molar refractivity (Wildman–Crippen MR) is 62.4 cm³/mol. The normalized spacial score (nSPS) is 10.1. The fraction of sp³-hybridized carbons (Fsp3) is 0.200. The molecule has 2 aromatic heterocycles. The Morgan fingerprint density at radius 1 is 1.50 bits per heavy atom. The van der Waals surface area contributed by atoms with Gasteiger partial charge in [-0.3, -0.25) is 15.6 Å². The average Bonchev–Trinajstić information content (AvgIpc) is 2.91. The number of amides is 1. The maximum Gasteiger partial charge on any atom is 0.255 e. The molecule has 0 saturated heterocycles.